The van der Waals surface area contributed by atoms with E-state index >= 15 is 0 Å². The highest BCUT2D eigenvalue weighted by Crippen LogP contribution is 2.33. The van der Waals surface area contributed by atoms with Gasteiger partial charge in [0.2, 0.25) is 0 Å². The minimum atomic E-state index is 1.05. The average Bonchev–Trinajstić information content (AvgIpc) is 3.10. The van der Waals surface area contributed by atoms with Crippen molar-refractivity contribution in [1.29, 1.82) is 0 Å². The van der Waals surface area contributed by atoms with Gasteiger partial charge in [-0.1, -0.05) is 11.6 Å². The Morgan fingerprint density at radius 2 is 2.00 bits per heavy atom. The molecule has 24 heavy (non-hydrogen) atoms. The van der Waals surface area contributed by atoms with E-state index in [1.807, 2.05) is 11.3 Å². The first-order valence-corrected chi connectivity index (χ1v) is 9.45. The van der Waals surface area contributed by atoms with E-state index in [1.165, 1.54) is 43.7 Å². The predicted octanol–water partition coefficient (Wildman–Crippen LogP) is 5.33. The summed E-state index contributed by atoms with van der Waals surface area (Å²) in [5.41, 5.74) is 8.36. The van der Waals surface area contributed by atoms with Gasteiger partial charge in [0.15, 0.2) is 0 Å². The maximum atomic E-state index is 2.45. The van der Waals surface area contributed by atoms with E-state index in [0.29, 0.717) is 0 Å². The number of fused-ring (bicyclic) bond motifs is 3. The number of thiophene rings is 1. The molecule has 3 heterocycles. The summed E-state index contributed by atoms with van der Waals surface area (Å²) in [7, 11) is 2.22. The second-order valence-electron chi connectivity index (χ2n) is 7.10. The van der Waals surface area contributed by atoms with Gasteiger partial charge in [0, 0.05) is 41.7 Å². The zero-order valence-electron chi connectivity index (χ0n) is 14.9. The molecule has 0 radical (unpaired) electrons. The zero-order chi connectivity index (χ0) is 16.8. The van der Waals surface area contributed by atoms with Crippen molar-refractivity contribution in [3.05, 3.63) is 56.9 Å². The van der Waals surface area contributed by atoms with Crippen LogP contribution in [0.15, 0.2) is 29.6 Å². The van der Waals surface area contributed by atoms with Crippen molar-refractivity contribution < 1.29 is 0 Å². The molecule has 1 aliphatic heterocycles. The van der Waals surface area contributed by atoms with E-state index in [9.17, 15) is 0 Å². The van der Waals surface area contributed by atoms with Gasteiger partial charge in [0.1, 0.15) is 0 Å². The summed E-state index contributed by atoms with van der Waals surface area (Å²) in [6.07, 6.45) is 3.46. The van der Waals surface area contributed by atoms with E-state index in [0.717, 1.165) is 19.5 Å². The fourth-order valence-electron chi connectivity index (χ4n) is 3.68. The SMILES string of the molecule is CC(=Cn1c2c(c3cc(C)ccc31)CN(C)CC2)c1cc(C)cs1. The second-order valence-corrected chi connectivity index (χ2v) is 8.02. The number of likely N-dealkylation sites (N-methyl/N-ethyl adjacent to an activating group) is 1. The number of hydrogen-bond acceptors (Lipinski definition) is 2. The summed E-state index contributed by atoms with van der Waals surface area (Å²) in [6, 6.07) is 9.15. The number of aromatic nitrogens is 1. The molecule has 0 fully saturated rings. The topological polar surface area (TPSA) is 8.17 Å². The molecule has 0 unspecified atom stereocenters. The molecule has 124 valence electrons. The standard InChI is InChI=1S/C21H24N2S/c1-14-5-6-19-17(9-14)18-12-22(4)8-7-20(18)23(19)11-16(3)21-10-15(2)13-24-21/h5-6,9-11,13H,7-8,12H2,1-4H3. The van der Waals surface area contributed by atoms with Gasteiger partial charge < -0.3 is 9.47 Å². The summed E-state index contributed by atoms with van der Waals surface area (Å²) in [4.78, 5) is 3.79. The Hall–Kier alpha value is -1.84. The van der Waals surface area contributed by atoms with E-state index in [-0.39, 0.29) is 0 Å². The molecule has 3 heteroatoms. The summed E-state index contributed by atoms with van der Waals surface area (Å²) < 4.78 is 2.45. The van der Waals surface area contributed by atoms with Crippen LogP contribution in [-0.4, -0.2) is 23.1 Å². The molecule has 0 aliphatic carbocycles. The summed E-state index contributed by atoms with van der Waals surface area (Å²) in [6.45, 7) is 8.76. The third kappa shape index (κ3) is 2.62. The van der Waals surface area contributed by atoms with E-state index < -0.39 is 0 Å². The number of rotatable bonds is 2. The molecule has 0 N–H and O–H groups in total. The third-order valence-corrected chi connectivity index (χ3v) is 6.16. The van der Waals surface area contributed by atoms with Crippen molar-refractivity contribution in [3.8, 4) is 0 Å². The molecule has 0 saturated heterocycles. The highest BCUT2D eigenvalue weighted by atomic mass is 32.1. The first kappa shape index (κ1) is 15.7. The molecule has 2 aromatic heterocycles. The summed E-state index contributed by atoms with van der Waals surface area (Å²) in [5.74, 6) is 0. The predicted molar refractivity (Wildman–Crippen MR) is 106 cm³/mol. The van der Waals surface area contributed by atoms with Crippen LogP contribution in [0.1, 0.15) is 34.2 Å². The number of hydrogen-bond donors (Lipinski definition) is 0. The Morgan fingerprint density at radius 1 is 1.17 bits per heavy atom. The number of allylic oxidation sites excluding steroid dienone is 1. The smallest absolute Gasteiger partial charge is 0.0529 e. The Balaban J connectivity index is 1.92. The Morgan fingerprint density at radius 3 is 2.75 bits per heavy atom. The number of benzene rings is 1. The fourth-order valence-corrected chi connectivity index (χ4v) is 4.56. The van der Waals surface area contributed by atoms with Crippen LogP contribution in [0.4, 0.5) is 0 Å². The summed E-state index contributed by atoms with van der Waals surface area (Å²) in [5, 5.41) is 3.65. The monoisotopic (exact) mass is 336 g/mol. The average molecular weight is 337 g/mol. The van der Waals surface area contributed by atoms with Crippen LogP contribution >= 0.6 is 11.3 Å². The van der Waals surface area contributed by atoms with Crippen molar-refractivity contribution >= 4 is 34.0 Å². The molecular weight excluding hydrogens is 312 g/mol. The van der Waals surface area contributed by atoms with Gasteiger partial charge in [-0.15, -0.1) is 11.3 Å². The van der Waals surface area contributed by atoms with Crippen molar-refractivity contribution in [2.24, 2.45) is 0 Å². The van der Waals surface area contributed by atoms with Crippen molar-refractivity contribution in [2.45, 2.75) is 33.7 Å². The lowest BCUT2D eigenvalue weighted by atomic mass is 10.0. The van der Waals surface area contributed by atoms with Gasteiger partial charge in [-0.3, -0.25) is 0 Å². The Labute approximate surface area is 148 Å². The highest BCUT2D eigenvalue weighted by molar-refractivity contribution is 7.11. The van der Waals surface area contributed by atoms with Crippen LogP contribution in [0, 0.1) is 13.8 Å². The van der Waals surface area contributed by atoms with Crippen LogP contribution in [0.2, 0.25) is 0 Å². The minimum Gasteiger partial charge on any atom is -0.320 e. The molecular formula is C21H24N2S. The molecule has 0 spiro atoms. The molecule has 1 aliphatic rings. The van der Waals surface area contributed by atoms with Crippen molar-refractivity contribution in [1.82, 2.24) is 9.47 Å². The molecule has 3 aromatic rings. The lowest BCUT2D eigenvalue weighted by molar-refractivity contribution is 0.312. The van der Waals surface area contributed by atoms with Crippen molar-refractivity contribution in [2.75, 3.05) is 13.6 Å². The maximum Gasteiger partial charge on any atom is 0.0529 e. The van der Waals surface area contributed by atoms with Crippen LogP contribution in [0.25, 0.3) is 22.7 Å². The van der Waals surface area contributed by atoms with Crippen LogP contribution in [0.3, 0.4) is 0 Å². The van der Waals surface area contributed by atoms with Gasteiger partial charge in [0.25, 0.3) is 0 Å². The lowest BCUT2D eigenvalue weighted by Gasteiger charge is -2.23. The maximum absolute atomic E-state index is 2.45. The molecule has 0 bridgehead atoms. The minimum absolute atomic E-state index is 1.05. The molecule has 0 atom stereocenters. The first-order valence-electron chi connectivity index (χ1n) is 8.57. The zero-order valence-corrected chi connectivity index (χ0v) is 15.7. The highest BCUT2D eigenvalue weighted by Gasteiger charge is 2.21. The molecule has 4 rings (SSSR count). The fraction of sp³-hybridized carbons (Fsp3) is 0.333. The van der Waals surface area contributed by atoms with Crippen LogP contribution < -0.4 is 0 Å². The largest absolute Gasteiger partial charge is 0.320 e. The number of aryl methyl sites for hydroxylation is 2. The van der Waals surface area contributed by atoms with E-state index in [2.05, 4.69) is 73.1 Å². The van der Waals surface area contributed by atoms with Crippen molar-refractivity contribution in [3.63, 3.8) is 0 Å². The molecule has 2 nitrogen and oxygen atoms in total. The number of nitrogens with zero attached hydrogens (tertiary/aromatic N) is 2. The van der Waals surface area contributed by atoms with Gasteiger partial charge >= 0.3 is 0 Å². The Kier molecular flexibility index (Phi) is 3.86. The van der Waals surface area contributed by atoms with E-state index in [1.54, 1.807) is 0 Å². The van der Waals surface area contributed by atoms with Crippen LogP contribution in [0.5, 0.6) is 0 Å². The Bertz CT molecular complexity index is 942. The second kappa shape index (κ2) is 5.91. The molecule has 0 amide bonds. The lowest BCUT2D eigenvalue weighted by Crippen LogP contribution is -2.26. The van der Waals surface area contributed by atoms with Gasteiger partial charge in [-0.2, -0.15) is 0 Å². The normalized spacial score (nSPS) is 15.9. The first-order chi connectivity index (χ1) is 11.5. The van der Waals surface area contributed by atoms with Crippen LogP contribution in [-0.2, 0) is 13.0 Å². The quantitative estimate of drug-likeness (QED) is 0.614. The molecule has 0 saturated carbocycles. The summed E-state index contributed by atoms with van der Waals surface area (Å²) >= 11 is 1.84. The molecule has 1 aromatic carbocycles. The van der Waals surface area contributed by atoms with E-state index in [4.69, 9.17) is 0 Å². The third-order valence-electron chi connectivity index (χ3n) is 4.98. The van der Waals surface area contributed by atoms with Gasteiger partial charge in [-0.05, 0) is 68.1 Å². The van der Waals surface area contributed by atoms with Gasteiger partial charge in [0.05, 0.1) is 5.52 Å². The van der Waals surface area contributed by atoms with Gasteiger partial charge in [-0.25, -0.2) is 0 Å².